The van der Waals surface area contributed by atoms with Crippen molar-refractivity contribution in [3.8, 4) is 0 Å². The fourth-order valence-corrected chi connectivity index (χ4v) is 2.59. The second kappa shape index (κ2) is 4.42. The summed E-state index contributed by atoms with van der Waals surface area (Å²) in [7, 11) is 0. The molecule has 0 saturated carbocycles. The number of nitrogens with zero attached hydrogens (tertiary/aromatic N) is 2. The molecule has 0 N–H and O–H groups in total. The zero-order valence-electron chi connectivity index (χ0n) is 9.95. The molecule has 2 amide bonds. The molecular formula is C13H10ClFN2O2. The zero-order valence-corrected chi connectivity index (χ0v) is 10.7. The van der Waals surface area contributed by atoms with Crippen molar-refractivity contribution in [3.05, 3.63) is 34.2 Å². The molecule has 0 atom stereocenters. The van der Waals surface area contributed by atoms with Crippen LogP contribution in [-0.4, -0.2) is 16.8 Å². The van der Waals surface area contributed by atoms with Gasteiger partial charge >= 0.3 is 0 Å². The number of anilines is 1. The number of pyridine rings is 1. The maximum atomic E-state index is 13.4. The maximum absolute atomic E-state index is 13.4. The Morgan fingerprint density at radius 1 is 1.11 bits per heavy atom. The molecule has 1 aliphatic heterocycles. The first-order chi connectivity index (χ1) is 9.09. The fourth-order valence-electron chi connectivity index (χ4n) is 2.48. The Morgan fingerprint density at radius 3 is 2.21 bits per heavy atom. The average molecular weight is 281 g/mol. The molecule has 1 aromatic heterocycles. The largest absolute Gasteiger partial charge is 0.269 e. The molecule has 0 bridgehead atoms. The third kappa shape index (κ3) is 1.85. The first kappa shape index (κ1) is 12.3. The van der Waals surface area contributed by atoms with Gasteiger partial charge in [0.25, 0.3) is 11.8 Å². The Labute approximate surface area is 113 Å². The molecule has 3 rings (SSSR count). The number of aromatic nitrogens is 1. The van der Waals surface area contributed by atoms with Crippen molar-refractivity contribution in [3.63, 3.8) is 0 Å². The van der Waals surface area contributed by atoms with Crippen LogP contribution < -0.4 is 4.90 Å². The molecular weight excluding hydrogens is 271 g/mol. The molecule has 2 aliphatic rings. The van der Waals surface area contributed by atoms with Crippen LogP contribution >= 0.6 is 11.6 Å². The van der Waals surface area contributed by atoms with Gasteiger partial charge in [-0.25, -0.2) is 9.88 Å². The van der Waals surface area contributed by atoms with Crippen LogP contribution in [0.5, 0.6) is 0 Å². The Morgan fingerprint density at radius 2 is 1.68 bits per heavy atom. The highest BCUT2D eigenvalue weighted by Gasteiger charge is 2.40. The summed E-state index contributed by atoms with van der Waals surface area (Å²) in [5.74, 6) is -1.65. The van der Waals surface area contributed by atoms with E-state index in [0.29, 0.717) is 24.0 Å². The van der Waals surface area contributed by atoms with E-state index in [1.807, 2.05) is 0 Å². The van der Waals surface area contributed by atoms with Gasteiger partial charge in [-0.1, -0.05) is 11.6 Å². The Bertz CT molecular complexity index is 599. The lowest BCUT2D eigenvalue weighted by Gasteiger charge is -2.13. The molecule has 0 fully saturated rings. The molecule has 0 aromatic carbocycles. The highest BCUT2D eigenvalue weighted by Crippen LogP contribution is 2.35. The van der Waals surface area contributed by atoms with E-state index in [1.165, 1.54) is 12.1 Å². The quantitative estimate of drug-likeness (QED) is 0.587. The lowest BCUT2D eigenvalue weighted by molar-refractivity contribution is -0.120. The molecule has 0 saturated heterocycles. The molecule has 0 spiro atoms. The summed E-state index contributed by atoms with van der Waals surface area (Å²) in [6, 6.07) is 2.66. The molecule has 6 heteroatoms. The fraction of sp³-hybridized carbons (Fsp3) is 0.308. The van der Waals surface area contributed by atoms with E-state index in [0.717, 1.165) is 17.7 Å². The number of hydrogen-bond acceptors (Lipinski definition) is 3. The van der Waals surface area contributed by atoms with Crippen LogP contribution in [0.15, 0.2) is 23.3 Å². The van der Waals surface area contributed by atoms with E-state index >= 15 is 0 Å². The van der Waals surface area contributed by atoms with E-state index < -0.39 is 5.95 Å². The van der Waals surface area contributed by atoms with Gasteiger partial charge in [0.1, 0.15) is 5.82 Å². The minimum atomic E-state index is -0.885. The van der Waals surface area contributed by atoms with Crippen molar-refractivity contribution in [1.29, 1.82) is 0 Å². The van der Waals surface area contributed by atoms with Gasteiger partial charge in [0.2, 0.25) is 5.95 Å². The van der Waals surface area contributed by atoms with E-state index in [1.54, 1.807) is 0 Å². The lowest BCUT2D eigenvalue weighted by Crippen LogP contribution is -2.32. The first-order valence-electron chi connectivity index (χ1n) is 6.02. The van der Waals surface area contributed by atoms with Gasteiger partial charge in [0.15, 0.2) is 0 Å². The average Bonchev–Trinajstić information content (AvgIpc) is 2.66. The second-order valence-corrected chi connectivity index (χ2v) is 4.96. The van der Waals surface area contributed by atoms with Crippen LogP contribution in [0.25, 0.3) is 0 Å². The van der Waals surface area contributed by atoms with Crippen LogP contribution in [0.3, 0.4) is 0 Å². The highest BCUT2D eigenvalue weighted by atomic mass is 35.5. The Hall–Kier alpha value is -1.75. The summed E-state index contributed by atoms with van der Waals surface area (Å²) in [5.41, 5.74) is 1.10. The molecule has 1 aromatic rings. The molecule has 19 heavy (non-hydrogen) atoms. The summed E-state index contributed by atoms with van der Waals surface area (Å²) < 4.78 is 13.4. The topological polar surface area (TPSA) is 50.3 Å². The second-order valence-electron chi connectivity index (χ2n) is 4.55. The first-order valence-corrected chi connectivity index (χ1v) is 6.40. The van der Waals surface area contributed by atoms with Crippen molar-refractivity contribution in [2.24, 2.45) is 0 Å². The van der Waals surface area contributed by atoms with Crippen molar-refractivity contribution in [1.82, 2.24) is 4.98 Å². The number of rotatable bonds is 1. The number of halogens is 2. The summed E-state index contributed by atoms with van der Waals surface area (Å²) in [4.78, 5) is 28.9. The van der Waals surface area contributed by atoms with Crippen LogP contribution in [-0.2, 0) is 9.59 Å². The number of hydrogen-bond donors (Lipinski definition) is 0. The van der Waals surface area contributed by atoms with E-state index in [9.17, 15) is 14.0 Å². The Kier molecular flexibility index (Phi) is 2.86. The summed E-state index contributed by atoms with van der Waals surface area (Å²) >= 11 is 5.55. The molecule has 4 nitrogen and oxygen atoms in total. The smallest absolute Gasteiger partial charge is 0.262 e. The minimum absolute atomic E-state index is 0.00806. The predicted molar refractivity (Wildman–Crippen MR) is 67.2 cm³/mol. The molecule has 0 radical (unpaired) electrons. The van der Waals surface area contributed by atoms with Crippen molar-refractivity contribution < 1.29 is 14.0 Å². The zero-order chi connectivity index (χ0) is 13.6. The van der Waals surface area contributed by atoms with Crippen LogP contribution in [0.1, 0.15) is 25.7 Å². The lowest BCUT2D eigenvalue weighted by atomic mass is 9.93. The van der Waals surface area contributed by atoms with Crippen LogP contribution in [0.2, 0.25) is 5.02 Å². The van der Waals surface area contributed by atoms with E-state index in [-0.39, 0.29) is 22.7 Å². The number of carbonyl (C=O) groups excluding carboxylic acids is 2. The van der Waals surface area contributed by atoms with Gasteiger partial charge in [-0.2, -0.15) is 4.39 Å². The minimum Gasteiger partial charge on any atom is -0.269 e. The monoisotopic (exact) mass is 280 g/mol. The van der Waals surface area contributed by atoms with Crippen LogP contribution in [0, 0.1) is 5.95 Å². The third-order valence-corrected chi connectivity index (χ3v) is 3.69. The number of amides is 2. The van der Waals surface area contributed by atoms with Gasteiger partial charge in [0, 0.05) is 11.1 Å². The van der Waals surface area contributed by atoms with Crippen molar-refractivity contribution >= 4 is 29.2 Å². The van der Waals surface area contributed by atoms with Gasteiger partial charge < -0.3 is 0 Å². The molecule has 0 unspecified atom stereocenters. The standard InChI is InChI=1S/C13H10ClFN2O2/c14-9-5-6-10(16-11(9)15)17-12(18)7-3-1-2-4-8(7)13(17)19/h5-6H,1-4H2. The van der Waals surface area contributed by atoms with Crippen LogP contribution in [0.4, 0.5) is 10.2 Å². The van der Waals surface area contributed by atoms with E-state index in [2.05, 4.69) is 4.98 Å². The molecule has 2 heterocycles. The third-order valence-electron chi connectivity index (χ3n) is 3.41. The van der Waals surface area contributed by atoms with Crippen molar-refractivity contribution in [2.45, 2.75) is 25.7 Å². The number of carbonyl (C=O) groups is 2. The normalized spacial score (nSPS) is 19.2. The molecule has 1 aliphatic carbocycles. The van der Waals surface area contributed by atoms with Gasteiger partial charge in [-0.05, 0) is 37.8 Å². The molecule has 98 valence electrons. The van der Waals surface area contributed by atoms with E-state index in [4.69, 9.17) is 11.6 Å². The maximum Gasteiger partial charge on any atom is 0.262 e. The number of imide groups is 1. The van der Waals surface area contributed by atoms with Crippen molar-refractivity contribution in [2.75, 3.05) is 4.90 Å². The summed E-state index contributed by atoms with van der Waals surface area (Å²) in [6.45, 7) is 0. The predicted octanol–water partition coefficient (Wildman–Crippen LogP) is 2.62. The van der Waals surface area contributed by atoms with Gasteiger partial charge in [-0.3, -0.25) is 9.59 Å². The highest BCUT2D eigenvalue weighted by molar-refractivity contribution is 6.33. The summed E-state index contributed by atoms with van der Waals surface area (Å²) in [6.07, 6.45) is 3.00. The Balaban J connectivity index is 2.01. The SMILES string of the molecule is O=C1C2=C(CCCC2)C(=O)N1c1ccc(Cl)c(F)n1. The van der Waals surface area contributed by atoms with Gasteiger partial charge in [-0.15, -0.1) is 0 Å². The summed E-state index contributed by atoms with van der Waals surface area (Å²) in [5, 5.41) is -0.138. The van der Waals surface area contributed by atoms with Gasteiger partial charge in [0.05, 0.1) is 5.02 Å².